The van der Waals surface area contributed by atoms with Gasteiger partial charge < -0.3 is 10.5 Å². The van der Waals surface area contributed by atoms with Crippen LogP contribution >= 0.6 is 11.8 Å². The van der Waals surface area contributed by atoms with E-state index in [1.165, 1.54) is 0 Å². The van der Waals surface area contributed by atoms with Crippen molar-refractivity contribution in [2.75, 3.05) is 12.0 Å². The minimum atomic E-state index is 0.221. The molecule has 0 saturated carbocycles. The lowest BCUT2D eigenvalue weighted by molar-refractivity contribution is 0.289. The summed E-state index contributed by atoms with van der Waals surface area (Å²) in [6.07, 6.45) is 0.790. The van der Waals surface area contributed by atoms with E-state index in [1.807, 2.05) is 6.92 Å². The Hall–Kier alpha value is -0.850. The van der Waals surface area contributed by atoms with E-state index in [1.54, 1.807) is 17.8 Å². The molecule has 0 fully saturated rings. The largest absolute Gasteiger partial charge is 0.396 e. The van der Waals surface area contributed by atoms with Gasteiger partial charge in [0.25, 0.3) is 0 Å². The van der Waals surface area contributed by atoms with Gasteiger partial charge >= 0.3 is 0 Å². The maximum atomic E-state index is 8.79. The minimum Gasteiger partial charge on any atom is -0.396 e. The fraction of sp³-hybridized carbons (Fsp3) is 0.600. The molecule has 0 amide bonds. The lowest BCUT2D eigenvalue weighted by Crippen LogP contribution is -2.11. The average molecular weight is 242 g/mol. The van der Waals surface area contributed by atoms with Gasteiger partial charge in [-0.3, -0.25) is 0 Å². The third-order valence-electron chi connectivity index (χ3n) is 2.08. The molecule has 1 aromatic rings. The quantitative estimate of drug-likeness (QED) is 0.511. The molecule has 5 nitrogen and oxygen atoms in total. The smallest absolute Gasteiger partial charge is 0.143 e. The van der Waals surface area contributed by atoms with E-state index in [0.717, 1.165) is 23.7 Å². The maximum absolute atomic E-state index is 8.79. The Balaban J connectivity index is 2.56. The zero-order valence-electron chi connectivity index (χ0n) is 9.60. The number of anilines is 1. The molecular weight excluding hydrogens is 224 g/mol. The van der Waals surface area contributed by atoms with E-state index in [4.69, 9.17) is 10.9 Å². The molecule has 0 aromatic carbocycles. The van der Waals surface area contributed by atoms with Crippen LogP contribution in [-0.4, -0.2) is 26.9 Å². The lowest BCUT2D eigenvalue weighted by atomic mass is 10.3. The van der Waals surface area contributed by atoms with E-state index in [9.17, 15) is 0 Å². The van der Waals surface area contributed by atoms with Crippen molar-refractivity contribution in [1.29, 1.82) is 0 Å². The molecule has 0 aliphatic carbocycles. The predicted molar refractivity (Wildman–Crippen MR) is 67.0 cm³/mol. The molecule has 1 aromatic heterocycles. The van der Waals surface area contributed by atoms with Gasteiger partial charge in [-0.2, -0.15) is 11.8 Å². The second-order valence-electron chi connectivity index (χ2n) is 3.59. The van der Waals surface area contributed by atoms with Crippen LogP contribution in [0.2, 0.25) is 0 Å². The first-order valence-corrected chi connectivity index (χ1v) is 6.24. The second-order valence-corrected chi connectivity index (χ2v) is 5.02. The molecule has 0 aliphatic rings. The molecule has 90 valence electrons. The number of nitrogen functional groups attached to an aromatic ring is 1. The van der Waals surface area contributed by atoms with Gasteiger partial charge in [-0.15, -0.1) is 0 Å². The predicted octanol–water partition coefficient (Wildman–Crippen LogP) is 1.07. The summed E-state index contributed by atoms with van der Waals surface area (Å²) in [5.41, 5.74) is 3.42. The summed E-state index contributed by atoms with van der Waals surface area (Å²) in [6.45, 7) is 4.21. The van der Waals surface area contributed by atoms with E-state index in [0.29, 0.717) is 11.1 Å². The van der Waals surface area contributed by atoms with Crippen molar-refractivity contribution >= 4 is 17.6 Å². The Labute approximate surface area is 99.8 Å². The maximum Gasteiger partial charge on any atom is 0.143 e. The first-order chi connectivity index (χ1) is 7.65. The van der Waals surface area contributed by atoms with Crippen molar-refractivity contribution in [3.63, 3.8) is 0 Å². The van der Waals surface area contributed by atoms with Crippen LogP contribution < -0.4 is 11.3 Å². The molecule has 6 heteroatoms. The van der Waals surface area contributed by atoms with Crippen molar-refractivity contribution in [3.8, 4) is 0 Å². The fourth-order valence-electron chi connectivity index (χ4n) is 1.25. The first kappa shape index (κ1) is 13.2. The molecular formula is C10H18N4OS. The lowest BCUT2D eigenvalue weighted by Gasteiger charge is -2.09. The molecule has 1 heterocycles. The third kappa shape index (κ3) is 4.34. The molecule has 1 unspecified atom stereocenters. The van der Waals surface area contributed by atoms with Crippen LogP contribution in [0.4, 0.5) is 5.82 Å². The zero-order chi connectivity index (χ0) is 12.0. The van der Waals surface area contributed by atoms with Crippen LogP contribution in [0.15, 0.2) is 6.07 Å². The van der Waals surface area contributed by atoms with Crippen LogP contribution in [0.5, 0.6) is 0 Å². The number of rotatable bonds is 6. The molecule has 0 bridgehead atoms. The van der Waals surface area contributed by atoms with Gasteiger partial charge in [0, 0.05) is 23.6 Å². The molecule has 0 spiro atoms. The molecule has 0 saturated heterocycles. The highest BCUT2D eigenvalue weighted by Crippen LogP contribution is 2.18. The summed E-state index contributed by atoms with van der Waals surface area (Å²) in [7, 11) is 0. The average Bonchev–Trinajstić information content (AvgIpc) is 2.26. The summed E-state index contributed by atoms with van der Waals surface area (Å²) < 4.78 is 0. The van der Waals surface area contributed by atoms with Gasteiger partial charge in [-0.25, -0.2) is 15.8 Å². The molecule has 1 atom stereocenters. The second kappa shape index (κ2) is 6.67. The number of aliphatic hydroxyl groups excluding tert-OH is 1. The van der Waals surface area contributed by atoms with Crippen molar-refractivity contribution in [2.24, 2.45) is 5.84 Å². The molecule has 0 radical (unpaired) electrons. The Morgan fingerprint density at radius 3 is 2.94 bits per heavy atom. The normalized spacial score (nSPS) is 12.5. The summed E-state index contributed by atoms with van der Waals surface area (Å²) in [5, 5.41) is 9.19. The van der Waals surface area contributed by atoms with Crippen LogP contribution in [-0.2, 0) is 5.75 Å². The first-order valence-electron chi connectivity index (χ1n) is 5.19. The summed E-state index contributed by atoms with van der Waals surface area (Å²) >= 11 is 1.73. The highest BCUT2D eigenvalue weighted by molar-refractivity contribution is 7.99. The highest BCUT2D eigenvalue weighted by Gasteiger charge is 2.05. The van der Waals surface area contributed by atoms with Gasteiger partial charge in [0.05, 0.1) is 5.75 Å². The van der Waals surface area contributed by atoms with Gasteiger partial charge in [-0.1, -0.05) is 6.92 Å². The number of nitrogens with two attached hydrogens (primary N) is 1. The zero-order valence-corrected chi connectivity index (χ0v) is 10.4. The number of aromatic nitrogens is 2. The molecule has 1 rings (SSSR count). The van der Waals surface area contributed by atoms with Crippen molar-refractivity contribution < 1.29 is 5.11 Å². The third-order valence-corrected chi connectivity index (χ3v) is 3.31. The number of hydrogen-bond donors (Lipinski definition) is 3. The van der Waals surface area contributed by atoms with Crippen LogP contribution in [0, 0.1) is 6.92 Å². The summed E-state index contributed by atoms with van der Waals surface area (Å²) in [5.74, 6) is 7.45. The van der Waals surface area contributed by atoms with Crippen molar-refractivity contribution in [1.82, 2.24) is 9.97 Å². The molecule has 16 heavy (non-hydrogen) atoms. The fourth-order valence-corrected chi connectivity index (χ4v) is 2.09. The molecule has 4 N–H and O–H groups in total. The molecule has 0 aliphatic heterocycles. The van der Waals surface area contributed by atoms with E-state index < -0.39 is 0 Å². The van der Waals surface area contributed by atoms with E-state index >= 15 is 0 Å². The van der Waals surface area contributed by atoms with Crippen LogP contribution in [0.1, 0.15) is 24.9 Å². The van der Waals surface area contributed by atoms with Gasteiger partial charge in [0.15, 0.2) is 0 Å². The number of nitrogens with one attached hydrogen (secondary N) is 1. The van der Waals surface area contributed by atoms with E-state index in [2.05, 4.69) is 22.3 Å². The number of aliphatic hydroxyl groups is 1. The van der Waals surface area contributed by atoms with Gasteiger partial charge in [0.1, 0.15) is 11.6 Å². The van der Waals surface area contributed by atoms with Crippen LogP contribution in [0.3, 0.4) is 0 Å². The van der Waals surface area contributed by atoms with Crippen LogP contribution in [0.25, 0.3) is 0 Å². The van der Waals surface area contributed by atoms with Gasteiger partial charge in [0.2, 0.25) is 0 Å². The SMILES string of the molecule is Cc1cc(NN)nc(CSC(C)CCO)n1. The van der Waals surface area contributed by atoms with Gasteiger partial charge in [-0.05, 0) is 13.3 Å². The number of hydrogen-bond acceptors (Lipinski definition) is 6. The number of aryl methyl sites for hydroxylation is 1. The Morgan fingerprint density at radius 2 is 2.31 bits per heavy atom. The monoisotopic (exact) mass is 242 g/mol. The summed E-state index contributed by atoms with van der Waals surface area (Å²) in [6, 6.07) is 1.80. The Morgan fingerprint density at radius 1 is 1.56 bits per heavy atom. The summed E-state index contributed by atoms with van der Waals surface area (Å²) in [4.78, 5) is 8.58. The highest BCUT2D eigenvalue weighted by atomic mass is 32.2. The van der Waals surface area contributed by atoms with Crippen molar-refractivity contribution in [3.05, 3.63) is 17.6 Å². The number of thioether (sulfide) groups is 1. The minimum absolute atomic E-state index is 0.221. The topological polar surface area (TPSA) is 84.1 Å². The Kier molecular flexibility index (Phi) is 5.51. The van der Waals surface area contributed by atoms with E-state index in [-0.39, 0.29) is 6.61 Å². The standard InChI is InChI=1S/C10H18N4OS/c1-7-5-9(14-11)13-10(12-7)6-16-8(2)3-4-15/h5,8,15H,3-4,6,11H2,1-2H3,(H,12,13,14). The number of hydrazine groups is 1. The van der Waals surface area contributed by atoms with Crippen molar-refractivity contribution in [2.45, 2.75) is 31.3 Å². The number of nitrogens with zero attached hydrogens (tertiary/aromatic N) is 2. The Bertz CT molecular complexity index is 335.